The van der Waals surface area contributed by atoms with Crippen molar-refractivity contribution in [1.82, 2.24) is 19.6 Å². The average Bonchev–Trinajstić information content (AvgIpc) is 3.37. The van der Waals surface area contributed by atoms with Gasteiger partial charge in [-0.1, -0.05) is 60.7 Å². The van der Waals surface area contributed by atoms with E-state index in [1.54, 1.807) is 25.3 Å². The Morgan fingerprint density at radius 1 is 0.973 bits per heavy atom. The summed E-state index contributed by atoms with van der Waals surface area (Å²) in [5.41, 5.74) is 2.98. The van der Waals surface area contributed by atoms with Gasteiger partial charge in [0.25, 0.3) is 11.1 Å². The molecule has 1 aliphatic rings. The number of aromatic nitrogens is 2. The van der Waals surface area contributed by atoms with Gasteiger partial charge in [0.05, 0.1) is 7.11 Å². The van der Waals surface area contributed by atoms with Crippen molar-refractivity contribution >= 4 is 17.4 Å². The Morgan fingerprint density at radius 2 is 1.68 bits per heavy atom. The molecule has 1 aliphatic heterocycles. The Balaban J connectivity index is 1.18. The Bertz CT molecular complexity index is 1310. The van der Waals surface area contributed by atoms with Crippen molar-refractivity contribution in [2.24, 2.45) is 0 Å². The van der Waals surface area contributed by atoms with Crippen molar-refractivity contribution in [2.75, 3.05) is 20.2 Å². The lowest BCUT2D eigenvalue weighted by Crippen LogP contribution is -2.44. The van der Waals surface area contributed by atoms with Crippen molar-refractivity contribution in [3.8, 4) is 16.7 Å². The van der Waals surface area contributed by atoms with E-state index < -0.39 is 0 Å². The van der Waals surface area contributed by atoms with Gasteiger partial charge in [-0.3, -0.25) is 9.69 Å². The summed E-state index contributed by atoms with van der Waals surface area (Å²) in [7, 11) is 1.58. The fourth-order valence-corrected chi connectivity index (χ4v) is 5.03. The SMILES string of the molecule is COc1ccc(C(=O)NC2CCN(Cc3ccccc3)CC2)cc1Oc1nc(Cc2ccccc2)ns1. The highest BCUT2D eigenvalue weighted by Crippen LogP contribution is 2.33. The van der Waals surface area contributed by atoms with E-state index in [0.717, 1.165) is 38.0 Å². The van der Waals surface area contributed by atoms with Gasteiger partial charge in [-0.05, 0) is 42.2 Å². The zero-order valence-electron chi connectivity index (χ0n) is 20.8. The van der Waals surface area contributed by atoms with Crippen molar-refractivity contribution in [3.63, 3.8) is 0 Å². The van der Waals surface area contributed by atoms with Gasteiger partial charge in [0.15, 0.2) is 17.3 Å². The van der Waals surface area contributed by atoms with Crippen LogP contribution in [0.1, 0.15) is 40.2 Å². The maximum atomic E-state index is 13.1. The Hall–Kier alpha value is -3.75. The first-order valence-corrected chi connectivity index (χ1v) is 13.2. The van der Waals surface area contributed by atoms with Crippen LogP contribution in [0.2, 0.25) is 0 Å². The molecule has 1 amide bonds. The summed E-state index contributed by atoms with van der Waals surface area (Å²) in [5.74, 6) is 1.55. The van der Waals surface area contributed by atoms with Crippen LogP contribution in [-0.2, 0) is 13.0 Å². The molecule has 0 spiro atoms. The lowest BCUT2D eigenvalue weighted by atomic mass is 10.0. The third kappa shape index (κ3) is 6.72. The topological polar surface area (TPSA) is 76.6 Å². The highest BCUT2D eigenvalue weighted by molar-refractivity contribution is 7.07. The molecule has 7 nitrogen and oxygen atoms in total. The maximum absolute atomic E-state index is 13.1. The molecule has 5 rings (SSSR count). The Morgan fingerprint density at radius 3 is 2.38 bits per heavy atom. The quantitative estimate of drug-likeness (QED) is 0.326. The van der Waals surface area contributed by atoms with Crippen molar-refractivity contribution in [2.45, 2.75) is 31.8 Å². The molecule has 190 valence electrons. The summed E-state index contributed by atoms with van der Waals surface area (Å²) < 4.78 is 15.9. The number of hydrogen-bond acceptors (Lipinski definition) is 7. The van der Waals surface area contributed by atoms with Crippen molar-refractivity contribution in [1.29, 1.82) is 0 Å². The van der Waals surface area contributed by atoms with Crippen LogP contribution in [0.15, 0.2) is 78.9 Å². The second kappa shape index (κ2) is 12.0. The van der Waals surface area contributed by atoms with E-state index in [1.165, 1.54) is 17.1 Å². The van der Waals surface area contributed by atoms with E-state index in [9.17, 15) is 4.79 Å². The third-order valence-corrected chi connectivity index (χ3v) is 7.08. The first-order chi connectivity index (χ1) is 18.2. The summed E-state index contributed by atoms with van der Waals surface area (Å²) >= 11 is 1.18. The molecule has 0 atom stereocenters. The molecule has 3 aromatic carbocycles. The number of carbonyl (C=O) groups is 1. The standard InChI is InChI=1S/C29H30N4O3S/c1-35-25-13-12-23(19-26(25)36-29-31-27(32-37-29)18-21-8-4-2-5-9-21)28(34)30-24-14-16-33(17-15-24)20-22-10-6-3-7-11-22/h2-13,19,24H,14-18,20H2,1H3,(H,30,34). The summed E-state index contributed by atoms with van der Waals surface area (Å²) in [6.45, 7) is 2.86. The molecular weight excluding hydrogens is 484 g/mol. The van der Waals surface area contributed by atoms with E-state index in [4.69, 9.17) is 9.47 Å². The zero-order valence-corrected chi connectivity index (χ0v) is 21.6. The molecule has 0 saturated carbocycles. The number of hydrogen-bond donors (Lipinski definition) is 1. The monoisotopic (exact) mass is 514 g/mol. The summed E-state index contributed by atoms with van der Waals surface area (Å²) in [5, 5.41) is 3.60. The third-order valence-electron chi connectivity index (χ3n) is 6.45. The predicted octanol–water partition coefficient (Wildman–Crippen LogP) is 5.32. The van der Waals surface area contributed by atoms with E-state index in [2.05, 4.69) is 43.8 Å². The fraction of sp³-hybridized carbons (Fsp3) is 0.276. The second-order valence-electron chi connectivity index (χ2n) is 9.12. The molecule has 1 fully saturated rings. The number of piperidine rings is 1. The maximum Gasteiger partial charge on any atom is 0.298 e. The molecule has 0 radical (unpaired) electrons. The van der Waals surface area contributed by atoms with Crippen LogP contribution in [0.3, 0.4) is 0 Å². The van der Waals surface area contributed by atoms with Crippen LogP contribution in [0.25, 0.3) is 0 Å². The van der Waals surface area contributed by atoms with Gasteiger partial charge < -0.3 is 14.8 Å². The van der Waals surface area contributed by atoms with Gasteiger partial charge in [0.2, 0.25) is 0 Å². The number of nitrogens with one attached hydrogen (secondary N) is 1. The summed E-state index contributed by atoms with van der Waals surface area (Å²) in [6, 6.07) is 25.9. The number of likely N-dealkylation sites (tertiary alicyclic amines) is 1. The lowest BCUT2D eigenvalue weighted by Gasteiger charge is -2.32. The number of benzene rings is 3. The van der Waals surface area contributed by atoms with E-state index >= 15 is 0 Å². The first-order valence-electron chi connectivity index (χ1n) is 12.5. The predicted molar refractivity (Wildman–Crippen MR) is 144 cm³/mol. The largest absolute Gasteiger partial charge is 0.493 e. The molecule has 0 unspecified atom stereocenters. The smallest absolute Gasteiger partial charge is 0.298 e. The Labute approximate surface area is 221 Å². The van der Waals surface area contributed by atoms with Crippen LogP contribution in [0.5, 0.6) is 16.7 Å². The molecule has 1 aromatic heterocycles. The minimum absolute atomic E-state index is 0.115. The van der Waals surface area contributed by atoms with Gasteiger partial charge in [0, 0.05) is 49.2 Å². The number of carbonyl (C=O) groups excluding carboxylic acids is 1. The molecule has 37 heavy (non-hydrogen) atoms. The minimum atomic E-state index is -0.115. The summed E-state index contributed by atoms with van der Waals surface area (Å²) in [6.07, 6.45) is 2.48. The normalized spacial score (nSPS) is 14.3. The molecule has 1 saturated heterocycles. The van der Waals surface area contributed by atoms with Crippen LogP contribution in [0.4, 0.5) is 0 Å². The molecular formula is C29H30N4O3S. The minimum Gasteiger partial charge on any atom is -0.493 e. The molecule has 4 aromatic rings. The number of nitrogens with zero attached hydrogens (tertiary/aromatic N) is 3. The highest BCUT2D eigenvalue weighted by atomic mass is 32.1. The lowest BCUT2D eigenvalue weighted by molar-refractivity contribution is 0.0908. The molecule has 0 bridgehead atoms. The number of methoxy groups -OCH3 is 1. The number of amides is 1. The average molecular weight is 515 g/mol. The van der Waals surface area contributed by atoms with Crippen LogP contribution >= 0.6 is 11.5 Å². The van der Waals surface area contributed by atoms with Crippen molar-refractivity contribution in [3.05, 3.63) is 101 Å². The Kier molecular flexibility index (Phi) is 8.08. The van der Waals surface area contributed by atoms with Crippen LogP contribution < -0.4 is 14.8 Å². The molecule has 8 heteroatoms. The second-order valence-corrected chi connectivity index (χ2v) is 9.83. The van der Waals surface area contributed by atoms with Crippen LogP contribution in [0, 0.1) is 0 Å². The molecule has 2 heterocycles. The molecule has 1 N–H and O–H groups in total. The van der Waals surface area contributed by atoms with Crippen molar-refractivity contribution < 1.29 is 14.3 Å². The van der Waals surface area contributed by atoms with Gasteiger partial charge in [-0.25, -0.2) is 0 Å². The van der Waals surface area contributed by atoms with Gasteiger partial charge >= 0.3 is 0 Å². The van der Waals surface area contributed by atoms with E-state index in [0.29, 0.717) is 34.5 Å². The number of ether oxygens (including phenoxy) is 2. The van der Waals surface area contributed by atoms with Gasteiger partial charge in [0.1, 0.15) is 0 Å². The number of rotatable bonds is 9. The highest BCUT2D eigenvalue weighted by Gasteiger charge is 2.22. The zero-order chi connectivity index (χ0) is 25.5. The van der Waals surface area contributed by atoms with E-state index in [1.807, 2.05) is 36.4 Å². The first kappa shape index (κ1) is 24.9. The van der Waals surface area contributed by atoms with Crippen LogP contribution in [-0.4, -0.2) is 46.4 Å². The van der Waals surface area contributed by atoms with Gasteiger partial charge in [-0.2, -0.15) is 9.36 Å². The van der Waals surface area contributed by atoms with E-state index in [-0.39, 0.29) is 11.9 Å². The van der Waals surface area contributed by atoms with Gasteiger partial charge in [-0.15, -0.1) is 0 Å². The summed E-state index contributed by atoms with van der Waals surface area (Å²) in [4.78, 5) is 20.0. The fourth-order valence-electron chi connectivity index (χ4n) is 4.47. The molecule has 0 aliphatic carbocycles.